The van der Waals surface area contributed by atoms with Crippen LogP contribution in [-0.4, -0.2) is 40.3 Å². The highest BCUT2D eigenvalue weighted by molar-refractivity contribution is 7.89. The van der Waals surface area contributed by atoms with E-state index in [1.807, 2.05) is 12.1 Å². The number of carbonyl (C=O) groups excluding carboxylic acids is 1. The average molecular weight is 419 g/mol. The van der Waals surface area contributed by atoms with Gasteiger partial charge in [0.15, 0.2) is 0 Å². The lowest BCUT2D eigenvalue weighted by Crippen LogP contribution is -2.38. The van der Waals surface area contributed by atoms with Gasteiger partial charge in [-0.05, 0) is 37.3 Å². The van der Waals surface area contributed by atoms with Crippen molar-refractivity contribution in [2.45, 2.75) is 17.4 Å². The van der Waals surface area contributed by atoms with E-state index in [0.717, 1.165) is 11.5 Å². The van der Waals surface area contributed by atoms with E-state index >= 15 is 0 Å². The van der Waals surface area contributed by atoms with Gasteiger partial charge in [-0.25, -0.2) is 17.9 Å². The first-order chi connectivity index (χ1) is 13.7. The number of ether oxygens (including phenoxy) is 2. The zero-order valence-corrected chi connectivity index (χ0v) is 16.9. The summed E-state index contributed by atoms with van der Waals surface area (Å²) in [5.74, 6) is -0.413. The molecule has 1 atom stereocenters. The van der Waals surface area contributed by atoms with Gasteiger partial charge in [-0.1, -0.05) is 18.2 Å². The van der Waals surface area contributed by atoms with Gasteiger partial charge in [0.2, 0.25) is 10.0 Å². The molecule has 9 heteroatoms. The Morgan fingerprint density at radius 2 is 1.90 bits per heavy atom. The van der Waals surface area contributed by atoms with Crippen LogP contribution in [0.3, 0.4) is 0 Å². The Kier molecular flexibility index (Phi) is 5.65. The summed E-state index contributed by atoms with van der Waals surface area (Å²) in [4.78, 5) is 11.5. The minimum atomic E-state index is -4.12. The third kappa shape index (κ3) is 4.26. The number of fused-ring (bicyclic) bond motifs is 1. The topological polar surface area (TPSA) is 115 Å². The summed E-state index contributed by atoms with van der Waals surface area (Å²) in [6, 6.07) is 12.8. The molecule has 0 saturated heterocycles. The molecule has 29 heavy (non-hydrogen) atoms. The lowest BCUT2D eigenvalue weighted by atomic mass is 10.0. The maximum atomic E-state index is 12.8. The van der Waals surface area contributed by atoms with Crippen LogP contribution < -0.4 is 9.46 Å². The fourth-order valence-electron chi connectivity index (χ4n) is 2.78. The number of esters is 1. The van der Waals surface area contributed by atoms with Gasteiger partial charge in [0.25, 0.3) is 0 Å². The van der Waals surface area contributed by atoms with Gasteiger partial charge >= 0.3 is 5.97 Å². The van der Waals surface area contributed by atoms with Crippen molar-refractivity contribution in [3.63, 3.8) is 0 Å². The second-order valence-electron chi connectivity index (χ2n) is 6.60. The van der Waals surface area contributed by atoms with Crippen molar-refractivity contribution in [3.8, 4) is 5.75 Å². The zero-order chi connectivity index (χ0) is 21.2. The van der Waals surface area contributed by atoms with E-state index in [1.54, 1.807) is 18.2 Å². The molecule has 0 bridgehead atoms. The zero-order valence-electron chi connectivity index (χ0n) is 16.1. The van der Waals surface area contributed by atoms with Crippen molar-refractivity contribution in [2.75, 3.05) is 20.8 Å². The summed E-state index contributed by atoms with van der Waals surface area (Å²) in [7, 11) is -1.61. The SMILES string of the molecule is COC(=O)c1ccc(OC)c(S(=O)(=O)NCC(C)(O)c2cc3ccccc3o2)c1. The Balaban J connectivity index is 1.88. The van der Waals surface area contributed by atoms with E-state index in [0.29, 0.717) is 5.58 Å². The lowest BCUT2D eigenvalue weighted by molar-refractivity contribution is 0.0411. The third-order valence-electron chi connectivity index (χ3n) is 4.44. The highest BCUT2D eigenvalue weighted by Gasteiger charge is 2.31. The fraction of sp³-hybridized carbons (Fsp3) is 0.250. The van der Waals surface area contributed by atoms with E-state index in [4.69, 9.17) is 9.15 Å². The minimum absolute atomic E-state index is 0.0496. The highest BCUT2D eigenvalue weighted by atomic mass is 32.2. The first-order valence-corrected chi connectivity index (χ1v) is 10.1. The van der Waals surface area contributed by atoms with Crippen LogP contribution in [-0.2, 0) is 20.4 Å². The molecule has 0 radical (unpaired) electrons. The normalized spacial score (nSPS) is 13.8. The van der Waals surface area contributed by atoms with Crippen molar-refractivity contribution in [1.29, 1.82) is 0 Å². The summed E-state index contributed by atoms with van der Waals surface area (Å²) in [5, 5.41) is 11.6. The van der Waals surface area contributed by atoms with E-state index in [-0.39, 0.29) is 28.5 Å². The van der Waals surface area contributed by atoms with Crippen LogP contribution in [0.2, 0.25) is 0 Å². The number of rotatable bonds is 7. The molecule has 154 valence electrons. The van der Waals surface area contributed by atoms with E-state index < -0.39 is 21.6 Å². The average Bonchev–Trinajstić information content (AvgIpc) is 3.16. The van der Waals surface area contributed by atoms with Crippen LogP contribution in [0.15, 0.2) is 57.8 Å². The summed E-state index contributed by atoms with van der Waals surface area (Å²) in [6.45, 7) is 1.08. The van der Waals surface area contributed by atoms with Crippen molar-refractivity contribution >= 4 is 27.0 Å². The Hall–Kier alpha value is -2.88. The fourth-order valence-corrected chi connectivity index (χ4v) is 4.10. The maximum Gasteiger partial charge on any atom is 0.337 e. The van der Waals surface area contributed by atoms with Crippen molar-refractivity contribution < 1.29 is 32.2 Å². The molecule has 8 nitrogen and oxygen atoms in total. The Labute approximate surface area is 168 Å². The predicted octanol–water partition coefficient (Wildman–Crippen LogP) is 2.41. The standard InChI is InChI=1S/C20H21NO7S/c1-20(23,18-11-13-6-4-5-7-15(13)28-18)12-21-29(24,25)17-10-14(19(22)27-3)8-9-16(17)26-2/h4-11,21,23H,12H2,1-3H3. The molecule has 0 aliphatic carbocycles. The Morgan fingerprint density at radius 1 is 1.17 bits per heavy atom. The molecule has 1 heterocycles. The highest BCUT2D eigenvalue weighted by Crippen LogP contribution is 2.29. The molecule has 0 spiro atoms. The van der Waals surface area contributed by atoms with Gasteiger partial charge in [-0.15, -0.1) is 0 Å². The summed E-state index contributed by atoms with van der Waals surface area (Å²) >= 11 is 0. The monoisotopic (exact) mass is 419 g/mol. The number of furan rings is 1. The number of nitrogens with one attached hydrogen (secondary N) is 1. The molecule has 0 amide bonds. The van der Waals surface area contributed by atoms with E-state index in [1.165, 1.54) is 33.3 Å². The van der Waals surface area contributed by atoms with Crippen molar-refractivity contribution in [1.82, 2.24) is 4.72 Å². The molecule has 1 aromatic heterocycles. The van der Waals surface area contributed by atoms with Gasteiger partial charge in [0.1, 0.15) is 27.6 Å². The van der Waals surface area contributed by atoms with Crippen LogP contribution in [0.1, 0.15) is 23.0 Å². The van der Waals surface area contributed by atoms with Crippen molar-refractivity contribution in [2.24, 2.45) is 0 Å². The van der Waals surface area contributed by atoms with Gasteiger partial charge in [-0.2, -0.15) is 0 Å². The number of carbonyl (C=O) groups is 1. The number of benzene rings is 2. The second kappa shape index (κ2) is 7.86. The van der Waals surface area contributed by atoms with Crippen LogP contribution >= 0.6 is 0 Å². The summed E-state index contributed by atoms with van der Waals surface area (Å²) in [6.07, 6.45) is 0. The number of sulfonamides is 1. The molecule has 3 aromatic rings. The molecular weight excluding hydrogens is 398 g/mol. The number of aliphatic hydroxyl groups is 1. The van der Waals surface area contributed by atoms with Crippen LogP contribution in [0.25, 0.3) is 11.0 Å². The van der Waals surface area contributed by atoms with E-state index in [2.05, 4.69) is 9.46 Å². The Morgan fingerprint density at radius 3 is 2.55 bits per heavy atom. The molecular formula is C20H21NO7S. The molecule has 1 unspecified atom stereocenters. The maximum absolute atomic E-state index is 12.8. The van der Waals surface area contributed by atoms with Crippen LogP contribution in [0.4, 0.5) is 0 Å². The van der Waals surface area contributed by atoms with E-state index in [9.17, 15) is 18.3 Å². The quantitative estimate of drug-likeness (QED) is 0.565. The molecule has 3 rings (SSSR count). The first-order valence-electron chi connectivity index (χ1n) is 8.65. The summed E-state index contributed by atoms with van der Waals surface area (Å²) < 4.78 is 43.4. The molecule has 0 saturated carbocycles. The smallest absolute Gasteiger partial charge is 0.337 e. The first kappa shape index (κ1) is 20.8. The second-order valence-corrected chi connectivity index (χ2v) is 8.34. The molecule has 2 aromatic carbocycles. The van der Waals surface area contributed by atoms with Gasteiger partial charge in [-0.3, -0.25) is 0 Å². The number of hydrogen-bond acceptors (Lipinski definition) is 7. The lowest BCUT2D eigenvalue weighted by Gasteiger charge is -2.21. The number of methoxy groups -OCH3 is 2. The van der Waals surface area contributed by atoms with Gasteiger partial charge in [0.05, 0.1) is 19.8 Å². The number of hydrogen-bond donors (Lipinski definition) is 2. The van der Waals surface area contributed by atoms with Gasteiger partial charge in [0, 0.05) is 11.9 Å². The molecule has 0 aliphatic rings. The van der Waals surface area contributed by atoms with Crippen molar-refractivity contribution in [3.05, 3.63) is 59.9 Å². The molecule has 0 fully saturated rings. The third-order valence-corrected chi connectivity index (χ3v) is 5.86. The van der Waals surface area contributed by atoms with Crippen LogP contribution in [0.5, 0.6) is 5.75 Å². The van der Waals surface area contributed by atoms with Gasteiger partial charge < -0.3 is 19.0 Å². The minimum Gasteiger partial charge on any atom is -0.495 e. The Bertz CT molecular complexity index is 1120. The predicted molar refractivity (Wildman–Crippen MR) is 105 cm³/mol. The summed E-state index contributed by atoms with van der Waals surface area (Å²) in [5.41, 5.74) is -0.977. The molecule has 2 N–H and O–H groups in total. The number of para-hydroxylation sites is 1. The molecule has 0 aliphatic heterocycles. The van der Waals surface area contributed by atoms with Crippen LogP contribution in [0, 0.1) is 0 Å². The largest absolute Gasteiger partial charge is 0.495 e.